The first-order chi connectivity index (χ1) is 14.5. The van der Waals surface area contributed by atoms with E-state index in [1.165, 1.54) is 6.26 Å². The quantitative estimate of drug-likeness (QED) is 0.626. The molecule has 1 atom stereocenters. The molecule has 1 aromatic carbocycles. The van der Waals surface area contributed by atoms with Gasteiger partial charge in [0.1, 0.15) is 5.76 Å². The van der Waals surface area contributed by atoms with Crippen LogP contribution in [0.25, 0.3) is 0 Å². The van der Waals surface area contributed by atoms with Gasteiger partial charge in [-0.15, -0.1) is 0 Å². The third-order valence-electron chi connectivity index (χ3n) is 4.98. The summed E-state index contributed by atoms with van der Waals surface area (Å²) in [5.41, 5.74) is 1.04. The standard InChI is InChI=1S/C22H22N2O5S/c1-16-4-2-5-18(14-16)30(27)15-17-7-8-20(29-17)22(26)24-11-9-23(10-12-24)21(25)19-6-3-13-28-19/h2-8,13-14H,9-12,15H2,1H3/t30-/m0/s1. The lowest BCUT2D eigenvalue weighted by molar-refractivity contribution is 0.0501. The van der Waals surface area contributed by atoms with E-state index in [-0.39, 0.29) is 23.3 Å². The van der Waals surface area contributed by atoms with Crippen LogP contribution in [0.4, 0.5) is 0 Å². The number of furan rings is 2. The summed E-state index contributed by atoms with van der Waals surface area (Å²) in [6, 6.07) is 14.1. The molecule has 0 unspecified atom stereocenters. The molecule has 3 aromatic rings. The Balaban J connectivity index is 1.34. The van der Waals surface area contributed by atoms with Gasteiger partial charge in [-0.1, -0.05) is 12.1 Å². The molecule has 0 N–H and O–H groups in total. The molecule has 0 aliphatic carbocycles. The summed E-state index contributed by atoms with van der Waals surface area (Å²) in [4.78, 5) is 29.1. The van der Waals surface area contributed by atoms with Crippen molar-refractivity contribution >= 4 is 22.6 Å². The summed E-state index contributed by atoms with van der Waals surface area (Å²) in [5, 5.41) is 0. The van der Waals surface area contributed by atoms with Crippen molar-refractivity contribution in [3.8, 4) is 0 Å². The Morgan fingerprint density at radius 3 is 2.27 bits per heavy atom. The fraction of sp³-hybridized carbons (Fsp3) is 0.273. The molecule has 7 nitrogen and oxygen atoms in total. The number of benzene rings is 1. The Morgan fingerprint density at radius 1 is 0.933 bits per heavy atom. The zero-order valence-electron chi connectivity index (χ0n) is 16.6. The second-order valence-corrected chi connectivity index (χ2v) is 8.59. The van der Waals surface area contributed by atoms with E-state index in [2.05, 4.69) is 0 Å². The molecule has 0 saturated carbocycles. The molecule has 1 aliphatic rings. The topological polar surface area (TPSA) is 84.0 Å². The van der Waals surface area contributed by atoms with Crippen molar-refractivity contribution in [1.29, 1.82) is 0 Å². The maximum absolute atomic E-state index is 12.8. The maximum Gasteiger partial charge on any atom is 0.289 e. The Hall–Kier alpha value is -3.13. The molecular formula is C22H22N2O5S. The van der Waals surface area contributed by atoms with Gasteiger partial charge in [0.25, 0.3) is 11.8 Å². The number of amides is 2. The lowest BCUT2D eigenvalue weighted by atomic mass is 10.2. The predicted octanol–water partition coefficient (Wildman–Crippen LogP) is 3.09. The van der Waals surface area contributed by atoms with Gasteiger partial charge in [0.15, 0.2) is 11.5 Å². The molecule has 1 fully saturated rings. The van der Waals surface area contributed by atoms with Crippen LogP contribution in [-0.2, 0) is 16.6 Å². The number of hydrogen-bond donors (Lipinski definition) is 0. The third-order valence-corrected chi connectivity index (χ3v) is 6.31. The molecule has 8 heteroatoms. The van der Waals surface area contributed by atoms with Crippen molar-refractivity contribution in [1.82, 2.24) is 9.80 Å². The second kappa shape index (κ2) is 8.71. The minimum Gasteiger partial charge on any atom is -0.459 e. The highest BCUT2D eigenvalue weighted by atomic mass is 32.2. The van der Waals surface area contributed by atoms with Crippen molar-refractivity contribution < 1.29 is 22.6 Å². The average Bonchev–Trinajstić information content (AvgIpc) is 3.45. The molecule has 156 valence electrons. The second-order valence-electron chi connectivity index (χ2n) is 7.13. The lowest BCUT2D eigenvalue weighted by Gasteiger charge is -2.33. The lowest BCUT2D eigenvalue weighted by Crippen LogP contribution is -2.50. The molecule has 1 saturated heterocycles. The van der Waals surface area contributed by atoms with E-state index in [0.29, 0.717) is 37.7 Å². The van der Waals surface area contributed by atoms with Gasteiger partial charge < -0.3 is 18.6 Å². The summed E-state index contributed by atoms with van der Waals surface area (Å²) in [6.07, 6.45) is 1.47. The zero-order chi connectivity index (χ0) is 21.1. The van der Waals surface area contributed by atoms with Gasteiger partial charge in [0.2, 0.25) is 0 Å². The van der Waals surface area contributed by atoms with Gasteiger partial charge in [-0.3, -0.25) is 13.8 Å². The summed E-state index contributed by atoms with van der Waals surface area (Å²) in [7, 11) is -1.25. The average molecular weight is 426 g/mol. The summed E-state index contributed by atoms with van der Waals surface area (Å²) in [5.74, 6) is 0.829. The van der Waals surface area contributed by atoms with Crippen molar-refractivity contribution in [2.75, 3.05) is 26.2 Å². The molecule has 1 aliphatic heterocycles. The minimum atomic E-state index is -1.25. The molecule has 4 rings (SSSR count). The van der Waals surface area contributed by atoms with Crippen molar-refractivity contribution in [3.63, 3.8) is 0 Å². The maximum atomic E-state index is 12.8. The van der Waals surface area contributed by atoms with Crippen molar-refractivity contribution in [3.05, 3.63) is 77.6 Å². The molecule has 30 heavy (non-hydrogen) atoms. The monoisotopic (exact) mass is 426 g/mol. The van der Waals surface area contributed by atoms with Crippen LogP contribution in [0.3, 0.4) is 0 Å². The van der Waals surface area contributed by atoms with Gasteiger partial charge in [0, 0.05) is 31.1 Å². The summed E-state index contributed by atoms with van der Waals surface area (Å²) >= 11 is 0. The van der Waals surface area contributed by atoms with Crippen LogP contribution in [0.5, 0.6) is 0 Å². The van der Waals surface area contributed by atoms with Crippen LogP contribution in [0.2, 0.25) is 0 Å². The first-order valence-electron chi connectivity index (χ1n) is 9.67. The van der Waals surface area contributed by atoms with Crippen LogP contribution in [-0.4, -0.2) is 52.0 Å². The molecule has 2 aromatic heterocycles. The van der Waals surface area contributed by atoms with Crippen LogP contribution in [0.15, 0.2) is 68.5 Å². The van der Waals surface area contributed by atoms with Gasteiger partial charge in [-0.25, -0.2) is 0 Å². The SMILES string of the molecule is Cc1cccc([S@@](=O)Cc2ccc(C(=O)N3CCN(C(=O)c4ccco4)CC3)o2)c1. The number of carbonyl (C=O) groups excluding carboxylic acids is 2. The van der Waals surface area contributed by atoms with Gasteiger partial charge in [-0.2, -0.15) is 0 Å². The number of piperazine rings is 1. The number of rotatable bonds is 5. The Kier molecular flexibility index (Phi) is 5.85. The molecule has 0 radical (unpaired) electrons. The van der Waals surface area contributed by atoms with Crippen LogP contribution >= 0.6 is 0 Å². The predicted molar refractivity (Wildman–Crippen MR) is 111 cm³/mol. The Bertz CT molecular complexity index is 1060. The highest BCUT2D eigenvalue weighted by molar-refractivity contribution is 7.84. The van der Waals surface area contributed by atoms with Crippen LogP contribution in [0.1, 0.15) is 32.4 Å². The van der Waals surface area contributed by atoms with E-state index < -0.39 is 10.8 Å². The third kappa shape index (κ3) is 4.38. The Morgan fingerprint density at radius 2 is 1.63 bits per heavy atom. The van der Waals surface area contributed by atoms with Gasteiger partial charge in [-0.05, 0) is 48.9 Å². The first-order valence-corrected chi connectivity index (χ1v) is 11.0. The van der Waals surface area contributed by atoms with E-state index in [9.17, 15) is 13.8 Å². The highest BCUT2D eigenvalue weighted by Crippen LogP contribution is 2.18. The number of nitrogens with zero attached hydrogens (tertiary/aromatic N) is 2. The van der Waals surface area contributed by atoms with Crippen LogP contribution < -0.4 is 0 Å². The van der Waals surface area contributed by atoms with Crippen molar-refractivity contribution in [2.24, 2.45) is 0 Å². The summed E-state index contributed by atoms with van der Waals surface area (Å²) in [6.45, 7) is 3.63. The highest BCUT2D eigenvalue weighted by Gasteiger charge is 2.28. The fourth-order valence-electron chi connectivity index (χ4n) is 3.36. The summed E-state index contributed by atoms with van der Waals surface area (Å²) < 4.78 is 23.4. The number of aryl methyl sites for hydroxylation is 1. The van der Waals surface area contributed by atoms with Gasteiger partial charge in [0.05, 0.1) is 22.8 Å². The van der Waals surface area contributed by atoms with Gasteiger partial charge >= 0.3 is 0 Å². The normalized spacial score (nSPS) is 15.2. The number of carbonyl (C=O) groups is 2. The number of hydrogen-bond acceptors (Lipinski definition) is 5. The minimum absolute atomic E-state index is 0.175. The molecule has 2 amide bonds. The van der Waals surface area contributed by atoms with E-state index >= 15 is 0 Å². The smallest absolute Gasteiger partial charge is 0.289 e. The van der Waals surface area contributed by atoms with E-state index in [0.717, 1.165) is 10.5 Å². The molecule has 3 heterocycles. The molecule has 0 spiro atoms. The van der Waals surface area contributed by atoms with Crippen LogP contribution in [0, 0.1) is 6.92 Å². The largest absolute Gasteiger partial charge is 0.459 e. The fourth-order valence-corrected chi connectivity index (χ4v) is 4.49. The van der Waals surface area contributed by atoms with E-state index in [4.69, 9.17) is 8.83 Å². The van der Waals surface area contributed by atoms with E-state index in [1.807, 2.05) is 31.2 Å². The van der Waals surface area contributed by atoms with Crippen molar-refractivity contribution in [2.45, 2.75) is 17.6 Å². The van der Waals surface area contributed by atoms with E-state index in [1.54, 1.807) is 34.1 Å². The molecular weight excluding hydrogens is 404 g/mol. The Labute approximate surface area is 176 Å². The zero-order valence-corrected chi connectivity index (χ0v) is 17.4. The molecule has 0 bridgehead atoms. The first kappa shape index (κ1) is 20.2.